The average molecular weight is 261 g/mol. The highest BCUT2D eigenvalue weighted by molar-refractivity contribution is 5.68. The Morgan fingerprint density at radius 1 is 1.26 bits per heavy atom. The molecule has 1 N–H and O–H groups in total. The first kappa shape index (κ1) is 12.5. The number of nitrogens with zero attached hydrogens (tertiary/aromatic N) is 1. The molecule has 1 unspecified atom stereocenters. The van der Waals surface area contributed by atoms with E-state index in [9.17, 15) is 4.79 Å². The zero-order valence-corrected chi connectivity index (χ0v) is 10.9. The number of likely N-dealkylation sites (tertiary alicyclic amines) is 1. The molecule has 1 aliphatic heterocycles. The van der Waals surface area contributed by atoms with Crippen LogP contribution in [-0.4, -0.2) is 35.8 Å². The number of benzene rings is 1. The normalized spacial score (nSPS) is 28.1. The zero-order valence-electron chi connectivity index (χ0n) is 10.9. The van der Waals surface area contributed by atoms with Gasteiger partial charge in [-0.2, -0.15) is 0 Å². The first-order valence-corrected chi connectivity index (χ1v) is 6.86. The van der Waals surface area contributed by atoms with Crippen molar-refractivity contribution in [2.45, 2.75) is 13.0 Å². The van der Waals surface area contributed by atoms with Crippen molar-refractivity contribution in [3.05, 3.63) is 35.9 Å². The highest BCUT2D eigenvalue weighted by Gasteiger charge is 2.56. The molecule has 102 valence electrons. The van der Waals surface area contributed by atoms with Crippen LogP contribution >= 0.6 is 0 Å². The van der Waals surface area contributed by atoms with E-state index in [0.29, 0.717) is 24.4 Å². The summed E-state index contributed by atoms with van der Waals surface area (Å²) in [6.07, 6.45) is 0.668. The molecular formula is C15H19NO3. The fraction of sp³-hybridized carbons (Fsp3) is 0.533. The van der Waals surface area contributed by atoms with Crippen LogP contribution in [0.5, 0.6) is 0 Å². The van der Waals surface area contributed by atoms with Crippen LogP contribution < -0.4 is 0 Å². The summed E-state index contributed by atoms with van der Waals surface area (Å²) in [6.45, 7) is 2.19. The molecule has 1 heterocycles. The highest BCUT2D eigenvalue weighted by atomic mass is 16.6. The van der Waals surface area contributed by atoms with Gasteiger partial charge in [-0.1, -0.05) is 30.3 Å². The Morgan fingerprint density at radius 3 is 2.58 bits per heavy atom. The molecule has 3 atom stereocenters. The van der Waals surface area contributed by atoms with Gasteiger partial charge in [0.05, 0.1) is 0 Å². The van der Waals surface area contributed by atoms with Crippen LogP contribution in [0.25, 0.3) is 0 Å². The van der Waals surface area contributed by atoms with Gasteiger partial charge in [-0.05, 0) is 29.7 Å². The van der Waals surface area contributed by atoms with Gasteiger partial charge in [0.15, 0.2) is 0 Å². The molecular weight excluding hydrogens is 242 g/mol. The van der Waals surface area contributed by atoms with E-state index in [1.165, 1.54) is 0 Å². The molecule has 1 saturated carbocycles. The lowest BCUT2D eigenvalue weighted by atomic mass is 10.2. The molecule has 1 saturated heterocycles. The van der Waals surface area contributed by atoms with Crippen molar-refractivity contribution in [1.29, 1.82) is 0 Å². The van der Waals surface area contributed by atoms with Crippen LogP contribution in [0.15, 0.2) is 30.3 Å². The molecule has 1 aliphatic carbocycles. The van der Waals surface area contributed by atoms with Gasteiger partial charge in [0.25, 0.3) is 0 Å². The van der Waals surface area contributed by atoms with Gasteiger partial charge in [0.1, 0.15) is 6.61 Å². The molecule has 1 aromatic rings. The molecule has 19 heavy (non-hydrogen) atoms. The van der Waals surface area contributed by atoms with E-state index in [-0.39, 0.29) is 12.7 Å². The maximum atomic E-state index is 11.9. The van der Waals surface area contributed by atoms with Gasteiger partial charge in [-0.25, -0.2) is 4.79 Å². The molecule has 1 aromatic carbocycles. The van der Waals surface area contributed by atoms with Crippen LogP contribution in [0.2, 0.25) is 0 Å². The third kappa shape index (κ3) is 2.59. The lowest BCUT2D eigenvalue weighted by Crippen LogP contribution is -2.32. The Labute approximate surface area is 113 Å². The largest absolute Gasteiger partial charge is 0.445 e. The molecule has 0 aromatic heterocycles. The molecule has 4 nitrogen and oxygen atoms in total. The Hall–Kier alpha value is -1.55. The van der Waals surface area contributed by atoms with Gasteiger partial charge in [0.2, 0.25) is 0 Å². The summed E-state index contributed by atoms with van der Waals surface area (Å²) < 4.78 is 5.31. The fourth-order valence-electron chi connectivity index (χ4n) is 3.19. The molecule has 0 radical (unpaired) electrons. The number of carbonyl (C=O) groups is 1. The summed E-state index contributed by atoms with van der Waals surface area (Å²) in [5.74, 6) is 1.82. The van der Waals surface area contributed by atoms with E-state index in [1.807, 2.05) is 30.3 Å². The Kier molecular flexibility index (Phi) is 3.42. The fourth-order valence-corrected chi connectivity index (χ4v) is 3.19. The van der Waals surface area contributed by atoms with Gasteiger partial charge < -0.3 is 14.7 Å². The lowest BCUT2D eigenvalue weighted by molar-refractivity contribution is 0.0980. The average Bonchev–Trinajstić information content (AvgIpc) is 2.89. The topological polar surface area (TPSA) is 49.8 Å². The van der Waals surface area contributed by atoms with E-state index < -0.39 is 0 Å². The van der Waals surface area contributed by atoms with Gasteiger partial charge >= 0.3 is 6.09 Å². The summed E-state index contributed by atoms with van der Waals surface area (Å²) in [7, 11) is 0. The van der Waals surface area contributed by atoms with Crippen molar-refractivity contribution in [1.82, 2.24) is 4.90 Å². The van der Waals surface area contributed by atoms with Crippen LogP contribution in [0, 0.1) is 17.8 Å². The summed E-state index contributed by atoms with van der Waals surface area (Å²) in [5.41, 5.74) is 1.01. The van der Waals surface area contributed by atoms with Crippen LogP contribution in [0.1, 0.15) is 12.0 Å². The number of hydrogen-bond acceptors (Lipinski definition) is 3. The molecule has 4 heteroatoms. The second-order valence-electron chi connectivity index (χ2n) is 5.45. The monoisotopic (exact) mass is 261 g/mol. The maximum absolute atomic E-state index is 11.9. The molecule has 0 spiro atoms. The van der Waals surface area contributed by atoms with E-state index in [2.05, 4.69) is 0 Å². The number of aliphatic hydroxyl groups excluding tert-OH is 1. The van der Waals surface area contributed by atoms with Gasteiger partial charge in [0, 0.05) is 19.7 Å². The summed E-state index contributed by atoms with van der Waals surface area (Å²) >= 11 is 0. The SMILES string of the molecule is O=C(OCc1ccccc1)N1C[C@@H]2C(CCO)[C@@H]2C1. The smallest absolute Gasteiger partial charge is 0.410 e. The maximum Gasteiger partial charge on any atom is 0.410 e. The van der Waals surface area contributed by atoms with Crippen molar-refractivity contribution in [2.75, 3.05) is 19.7 Å². The molecule has 2 fully saturated rings. The predicted molar refractivity (Wildman–Crippen MR) is 70.4 cm³/mol. The number of piperidine rings is 1. The van der Waals surface area contributed by atoms with E-state index in [0.717, 1.165) is 25.1 Å². The van der Waals surface area contributed by atoms with Crippen molar-refractivity contribution < 1.29 is 14.6 Å². The minimum atomic E-state index is -0.209. The third-order valence-electron chi connectivity index (χ3n) is 4.30. The van der Waals surface area contributed by atoms with Crippen LogP contribution in [0.3, 0.4) is 0 Å². The van der Waals surface area contributed by atoms with Crippen LogP contribution in [-0.2, 0) is 11.3 Å². The Bertz CT molecular complexity index is 436. The summed E-state index contributed by atoms with van der Waals surface area (Å²) in [6, 6.07) is 9.72. The number of fused-ring (bicyclic) bond motifs is 1. The molecule has 1 amide bonds. The summed E-state index contributed by atoms with van der Waals surface area (Å²) in [5, 5.41) is 8.91. The van der Waals surface area contributed by atoms with Crippen LogP contribution in [0.4, 0.5) is 4.79 Å². The number of ether oxygens (including phenoxy) is 1. The zero-order chi connectivity index (χ0) is 13.2. The second kappa shape index (κ2) is 5.21. The van der Waals surface area contributed by atoms with Crippen molar-refractivity contribution >= 4 is 6.09 Å². The quantitative estimate of drug-likeness (QED) is 0.900. The summed E-state index contributed by atoms with van der Waals surface area (Å²) in [4.78, 5) is 13.7. The molecule has 3 rings (SSSR count). The number of hydrogen-bond donors (Lipinski definition) is 1. The van der Waals surface area contributed by atoms with E-state index >= 15 is 0 Å². The van der Waals surface area contributed by atoms with E-state index in [1.54, 1.807) is 4.90 Å². The predicted octanol–water partition coefficient (Wildman–Crippen LogP) is 1.88. The number of rotatable bonds is 4. The lowest BCUT2D eigenvalue weighted by Gasteiger charge is -2.19. The number of amides is 1. The van der Waals surface area contributed by atoms with Crippen molar-refractivity contribution in [3.8, 4) is 0 Å². The Morgan fingerprint density at radius 2 is 1.95 bits per heavy atom. The van der Waals surface area contributed by atoms with Crippen molar-refractivity contribution in [2.24, 2.45) is 17.8 Å². The first-order chi connectivity index (χ1) is 9.29. The Balaban J connectivity index is 1.44. The second-order valence-corrected chi connectivity index (χ2v) is 5.45. The third-order valence-corrected chi connectivity index (χ3v) is 4.30. The minimum absolute atomic E-state index is 0.209. The standard InChI is InChI=1S/C15H19NO3/c17-7-6-12-13-8-16(9-14(12)13)15(18)19-10-11-4-2-1-3-5-11/h1-5,12-14,17H,6-10H2/t12?,13-,14+. The molecule has 0 bridgehead atoms. The van der Waals surface area contributed by atoms with E-state index in [4.69, 9.17) is 9.84 Å². The first-order valence-electron chi connectivity index (χ1n) is 6.86. The van der Waals surface area contributed by atoms with Gasteiger partial charge in [-0.15, -0.1) is 0 Å². The minimum Gasteiger partial charge on any atom is -0.445 e. The number of carbonyl (C=O) groups excluding carboxylic acids is 1. The molecule has 2 aliphatic rings. The van der Waals surface area contributed by atoms with Gasteiger partial charge in [-0.3, -0.25) is 0 Å². The highest BCUT2D eigenvalue weighted by Crippen LogP contribution is 2.53. The van der Waals surface area contributed by atoms with Crippen molar-refractivity contribution in [3.63, 3.8) is 0 Å². The number of aliphatic hydroxyl groups is 1.